The van der Waals surface area contributed by atoms with Crippen LogP contribution < -0.4 is 10.5 Å². The molecule has 0 saturated carbocycles. The minimum absolute atomic E-state index is 0.159. The third kappa shape index (κ3) is 4.10. The smallest absolute Gasteiger partial charge is 0.153 e. The maximum absolute atomic E-state index is 11.7. The number of rotatable bonds is 6. The number of thioether (sulfide) groups is 1. The molecule has 0 saturated heterocycles. The molecule has 4 nitrogen and oxygen atoms in total. The van der Waals surface area contributed by atoms with Crippen molar-refractivity contribution >= 4 is 27.3 Å². The second-order valence-corrected chi connectivity index (χ2v) is 7.98. The van der Waals surface area contributed by atoms with Crippen molar-refractivity contribution in [3.8, 4) is 5.75 Å². The molecule has 1 rings (SSSR count). The van der Waals surface area contributed by atoms with Gasteiger partial charge in [0, 0.05) is 16.3 Å². The van der Waals surface area contributed by atoms with Crippen LogP contribution in [0.5, 0.6) is 5.75 Å². The summed E-state index contributed by atoms with van der Waals surface area (Å²) in [6.45, 7) is 3.39. The zero-order chi connectivity index (χ0) is 13.8. The molecule has 1 aromatic carbocycles. The van der Waals surface area contributed by atoms with Crippen molar-refractivity contribution in [2.24, 2.45) is 0 Å². The lowest BCUT2D eigenvalue weighted by Crippen LogP contribution is -2.19. The van der Waals surface area contributed by atoms with E-state index in [1.54, 1.807) is 33.1 Å². The maximum Gasteiger partial charge on any atom is 0.153 e. The van der Waals surface area contributed by atoms with E-state index in [0.717, 1.165) is 10.6 Å². The van der Waals surface area contributed by atoms with Crippen LogP contribution in [-0.2, 0) is 9.84 Å². The van der Waals surface area contributed by atoms with Crippen molar-refractivity contribution in [1.82, 2.24) is 0 Å². The Balaban J connectivity index is 2.64. The maximum atomic E-state index is 11.7. The lowest BCUT2D eigenvalue weighted by atomic mass is 10.3. The molecule has 0 amide bonds. The molecule has 0 atom stereocenters. The molecule has 18 heavy (non-hydrogen) atoms. The molecular weight excluding hydrogens is 270 g/mol. The minimum atomic E-state index is -2.99. The van der Waals surface area contributed by atoms with Crippen LogP contribution in [0, 0.1) is 0 Å². The summed E-state index contributed by atoms with van der Waals surface area (Å²) in [6.07, 6.45) is 0. The molecule has 0 unspecified atom stereocenters. The second kappa shape index (κ2) is 6.33. The van der Waals surface area contributed by atoms with Crippen LogP contribution in [0.4, 0.5) is 5.69 Å². The average Bonchev–Trinajstić information content (AvgIpc) is 2.31. The van der Waals surface area contributed by atoms with E-state index in [1.165, 1.54) is 11.8 Å². The quantitative estimate of drug-likeness (QED) is 0.642. The molecule has 0 aromatic heterocycles. The summed E-state index contributed by atoms with van der Waals surface area (Å²) in [5.74, 6) is 1.38. The summed E-state index contributed by atoms with van der Waals surface area (Å²) >= 11 is 1.44. The van der Waals surface area contributed by atoms with Gasteiger partial charge in [-0.1, -0.05) is 0 Å². The van der Waals surface area contributed by atoms with Gasteiger partial charge in [0.05, 0.1) is 18.1 Å². The highest BCUT2D eigenvalue weighted by Gasteiger charge is 2.15. The van der Waals surface area contributed by atoms with Gasteiger partial charge in [0.1, 0.15) is 5.75 Å². The molecule has 0 spiro atoms. The molecular formula is C12H19NO3S2. The summed E-state index contributed by atoms with van der Waals surface area (Å²) in [5, 5.41) is -0.333. The van der Waals surface area contributed by atoms with Crippen molar-refractivity contribution < 1.29 is 13.2 Å². The van der Waals surface area contributed by atoms with E-state index in [1.807, 2.05) is 6.07 Å². The molecule has 0 radical (unpaired) electrons. The van der Waals surface area contributed by atoms with E-state index in [2.05, 4.69) is 0 Å². The molecule has 2 N–H and O–H groups in total. The average molecular weight is 289 g/mol. The summed E-state index contributed by atoms with van der Waals surface area (Å²) in [5.41, 5.74) is 6.47. The number of ether oxygens (including phenoxy) is 1. The number of sulfone groups is 1. The molecule has 0 aliphatic rings. The number of benzene rings is 1. The molecule has 0 bridgehead atoms. The first-order chi connectivity index (χ1) is 8.36. The van der Waals surface area contributed by atoms with Gasteiger partial charge in [0.25, 0.3) is 0 Å². The van der Waals surface area contributed by atoms with E-state index in [4.69, 9.17) is 10.5 Å². The van der Waals surface area contributed by atoms with Crippen molar-refractivity contribution in [2.45, 2.75) is 24.0 Å². The summed E-state index contributed by atoms with van der Waals surface area (Å²) < 4.78 is 28.4. The van der Waals surface area contributed by atoms with Crippen LogP contribution in [0.25, 0.3) is 0 Å². The van der Waals surface area contributed by atoms with Gasteiger partial charge in [0.2, 0.25) is 0 Å². The van der Waals surface area contributed by atoms with E-state index < -0.39 is 9.84 Å². The summed E-state index contributed by atoms with van der Waals surface area (Å²) in [6, 6.07) is 5.37. The number of hydrogen-bond donors (Lipinski definition) is 1. The van der Waals surface area contributed by atoms with E-state index in [-0.39, 0.29) is 11.0 Å². The van der Waals surface area contributed by atoms with Crippen molar-refractivity contribution in [1.29, 1.82) is 0 Å². The number of nitrogen functional groups attached to an aromatic ring is 1. The number of anilines is 1. The Morgan fingerprint density at radius 2 is 2.06 bits per heavy atom. The van der Waals surface area contributed by atoms with Gasteiger partial charge in [-0.15, -0.1) is 11.8 Å². The van der Waals surface area contributed by atoms with Crippen LogP contribution >= 0.6 is 11.8 Å². The molecule has 0 heterocycles. The first-order valence-electron chi connectivity index (χ1n) is 5.64. The second-order valence-electron chi connectivity index (χ2n) is 4.17. The number of nitrogens with two attached hydrogens (primary N) is 1. The van der Waals surface area contributed by atoms with Gasteiger partial charge >= 0.3 is 0 Å². The lowest BCUT2D eigenvalue weighted by molar-refractivity contribution is 0.414. The Hall–Kier alpha value is -0.880. The Morgan fingerprint density at radius 3 is 2.61 bits per heavy atom. The van der Waals surface area contributed by atoms with Crippen molar-refractivity contribution in [3.05, 3.63) is 18.2 Å². The van der Waals surface area contributed by atoms with Gasteiger partial charge in [-0.25, -0.2) is 8.42 Å². The third-order valence-electron chi connectivity index (χ3n) is 2.56. The monoisotopic (exact) mass is 289 g/mol. The van der Waals surface area contributed by atoms with E-state index in [0.29, 0.717) is 11.4 Å². The summed E-state index contributed by atoms with van der Waals surface area (Å²) in [4.78, 5) is 0.855. The standard InChI is InChI=1S/C12H19NO3S2/c1-9(2)18(14,15)7-6-17-12-8-10(16-3)4-5-11(12)13/h4-5,8-9H,6-7,13H2,1-3H3. The largest absolute Gasteiger partial charge is 0.497 e. The Morgan fingerprint density at radius 1 is 1.39 bits per heavy atom. The van der Waals surface area contributed by atoms with E-state index in [9.17, 15) is 8.42 Å². The predicted molar refractivity (Wildman–Crippen MR) is 77.1 cm³/mol. The fourth-order valence-electron chi connectivity index (χ4n) is 1.27. The molecule has 102 valence electrons. The highest BCUT2D eigenvalue weighted by Crippen LogP contribution is 2.29. The number of methoxy groups -OCH3 is 1. The van der Waals surface area contributed by atoms with Crippen molar-refractivity contribution in [2.75, 3.05) is 24.3 Å². The number of hydrogen-bond acceptors (Lipinski definition) is 5. The normalized spacial score (nSPS) is 11.8. The van der Waals surface area contributed by atoms with Gasteiger partial charge in [-0.3, -0.25) is 0 Å². The first kappa shape index (κ1) is 15.2. The van der Waals surface area contributed by atoms with Gasteiger partial charge in [-0.2, -0.15) is 0 Å². The predicted octanol–water partition coefficient (Wildman–Crippen LogP) is 2.19. The van der Waals surface area contributed by atoms with Gasteiger partial charge < -0.3 is 10.5 Å². The lowest BCUT2D eigenvalue weighted by Gasteiger charge is -2.09. The SMILES string of the molecule is COc1ccc(N)c(SCCS(=O)(=O)C(C)C)c1. The van der Waals surface area contributed by atoms with E-state index >= 15 is 0 Å². The Kier molecular flexibility index (Phi) is 5.34. The van der Waals surface area contributed by atoms with Crippen LogP contribution in [0.2, 0.25) is 0 Å². The first-order valence-corrected chi connectivity index (χ1v) is 8.35. The van der Waals surface area contributed by atoms with Crippen LogP contribution in [-0.4, -0.2) is 32.3 Å². The molecule has 0 fully saturated rings. The van der Waals surface area contributed by atoms with Crippen molar-refractivity contribution in [3.63, 3.8) is 0 Å². The zero-order valence-electron chi connectivity index (χ0n) is 10.8. The Bertz CT molecular complexity index is 498. The van der Waals surface area contributed by atoms with Gasteiger partial charge in [0.15, 0.2) is 9.84 Å². The molecule has 6 heteroatoms. The van der Waals surface area contributed by atoms with Crippen LogP contribution in [0.3, 0.4) is 0 Å². The van der Waals surface area contributed by atoms with Crippen LogP contribution in [0.15, 0.2) is 23.1 Å². The molecule has 0 aliphatic carbocycles. The highest BCUT2D eigenvalue weighted by molar-refractivity contribution is 8.01. The molecule has 0 aliphatic heterocycles. The topological polar surface area (TPSA) is 69.4 Å². The van der Waals surface area contributed by atoms with Gasteiger partial charge in [-0.05, 0) is 32.0 Å². The fourth-order valence-corrected chi connectivity index (χ4v) is 3.66. The summed E-state index contributed by atoms with van der Waals surface area (Å²) in [7, 11) is -1.40. The third-order valence-corrected chi connectivity index (χ3v) is 6.11. The zero-order valence-corrected chi connectivity index (χ0v) is 12.5. The van der Waals surface area contributed by atoms with Crippen LogP contribution in [0.1, 0.15) is 13.8 Å². The highest BCUT2D eigenvalue weighted by atomic mass is 32.2. The minimum Gasteiger partial charge on any atom is -0.497 e. The fraction of sp³-hybridized carbons (Fsp3) is 0.500. The Labute approximate surface area is 113 Å². The molecule has 1 aromatic rings.